The van der Waals surface area contributed by atoms with Gasteiger partial charge < -0.3 is 15.5 Å². The third-order valence-electron chi connectivity index (χ3n) is 7.27. The lowest BCUT2D eigenvalue weighted by Crippen LogP contribution is -2.39. The molecule has 9 heteroatoms. The Hall–Kier alpha value is -3.23. The number of nitrogens with zero attached hydrogens (tertiary/aromatic N) is 5. The van der Waals surface area contributed by atoms with Crippen LogP contribution < -0.4 is 10.6 Å². The second kappa shape index (κ2) is 10.8. The Balaban J connectivity index is 0.00000267. The highest BCUT2D eigenvalue weighted by Gasteiger charge is 2.27. The topological polar surface area (TPSA) is 70.4 Å². The summed E-state index contributed by atoms with van der Waals surface area (Å²) in [6.45, 7) is 2.56. The number of imidazole rings is 1. The van der Waals surface area contributed by atoms with E-state index in [1.54, 1.807) is 12.3 Å². The van der Waals surface area contributed by atoms with Gasteiger partial charge in [-0.15, -0.1) is 17.5 Å². The van der Waals surface area contributed by atoms with Crippen molar-refractivity contribution in [1.29, 1.82) is 0 Å². The van der Waals surface area contributed by atoms with Crippen LogP contribution in [0.4, 0.5) is 21.7 Å². The van der Waals surface area contributed by atoms with Gasteiger partial charge in [-0.25, -0.2) is 18.9 Å². The summed E-state index contributed by atoms with van der Waals surface area (Å²) in [5, 5.41) is 11.5. The van der Waals surface area contributed by atoms with Gasteiger partial charge in [0.25, 0.3) is 0 Å². The number of aromatic nitrogens is 4. The molecule has 1 aromatic carbocycles. The smallest absolute Gasteiger partial charge is 0.166 e. The highest BCUT2D eigenvalue weighted by Crippen LogP contribution is 2.28. The van der Waals surface area contributed by atoms with E-state index in [-0.39, 0.29) is 24.0 Å². The zero-order valence-corrected chi connectivity index (χ0v) is 20.9. The van der Waals surface area contributed by atoms with Gasteiger partial charge in [-0.2, -0.15) is 0 Å². The average Bonchev–Trinajstić information content (AvgIpc) is 3.57. The molecule has 2 N–H and O–H groups in total. The first-order valence-corrected chi connectivity index (χ1v) is 12.6. The van der Waals surface area contributed by atoms with Gasteiger partial charge in [0.1, 0.15) is 5.82 Å². The molecule has 7 nitrogen and oxygen atoms in total. The molecule has 1 saturated carbocycles. The molecule has 3 aromatic heterocycles. The van der Waals surface area contributed by atoms with Crippen LogP contribution in [0.25, 0.3) is 16.9 Å². The predicted octanol–water partition coefficient (Wildman–Crippen LogP) is 5.91. The molecule has 6 rings (SSSR count). The zero-order chi connectivity index (χ0) is 23.6. The summed E-state index contributed by atoms with van der Waals surface area (Å²) in [5.41, 5.74) is 3.47. The fourth-order valence-electron chi connectivity index (χ4n) is 5.39. The van der Waals surface area contributed by atoms with Gasteiger partial charge in [0, 0.05) is 29.5 Å². The average molecular weight is 508 g/mol. The van der Waals surface area contributed by atoms with Crippen molar-refractivity contribution in [3.63, 3.8) is 0 Å². The highest BCUT2D eigenvalue weighted by atomic mass is 35.5. The molecule has 0 radical (unpaired) electrons. The number of rotatable bonds is 6. The molecule has 0 amide bonds. The minimum atomic E-state index is -0.382. The van der Waals surface area contributed by atoms with Gasteiger partial charge >= 0.3 is 0 Å². The van der Waals surface area contributed by atoms with Crippen molar-refractivity contribution in [3.8, 4) is 11.3 Å². The van der Waals surface area contributed by atoms with E-state index >= 15 is 0 Å². The number of hydrogen-bond donors (Lipinski definition) is 2. The molecular formula is C27H31ClFN7. The second-order valence-electron chi connectivity index (χ2n) is 9.56. The summed E-state index contributed by atoms with van der Waals surface area (Å²) in [6, 6.07) is 16.0. The van der Waals surface area contributed by atoms with E-state index in [0.29, 0.717) is 6.04 Å². The molecule has 4 aromatic rings. The molecule has 0 bridgehead atoms. The third-order valence-corrected chi connectivity index (χ3v) is 7.27. The molecule has 1 aliphatic heterocycles. The number of hydrogen-bond acceptors (Lipinski definition) is 6. The summed E-state index contributed by atoms with van der Waals surface area (Å²) < 4.78 is 15.8. The Morgan fingerprint density at radius 1 is 0.889 bits per heavy atom. The van der Waals surface area contributed by atoms with E-state index in [4.69, 9.17) is 5.10 Å². The fraction of sp³-hybridized carbons (Fsp3) is 0.370. The molecule has 2 aliphatic rings. The second-order valence-corrected chi connectivity index (χ2v) is 9.56. The summed E-state index contributed by atoms with van der Waals surface area (Å²) in [7, 11) is 0. The van der Waals surface area contributed by atoms with E-state index in [2.05, 4.69) is 25.5 Å². The number of nitrogens with one attached hydrogen (secondary N) is 2. The number of halogens is 2. The molecule has 0 spiro atoms. The normalized spacial score (nSPS) is 20.2. The Labute approximate surface area is 216 Å². The van der Waals surface area contributed by atoms with E-state index in [9.17, 15) is 4.39 Å². The summed E-state index contributed by atoms with van der Waals surface area (Å²) in [4.78, 5) is 11.3. The molecule has 1 saturated heterocycles. The highest BCUT2D eigenvalue weighted by molar-refractivity contribution is 5.85. The first-order chi connectivity index (χ1) is 17.2. The molecule has 4 heterocycles. The fourth-order valence-corrected chi connectivity index (χ4v) is 5.39. The van der Waals surface area contributed by atoms with Crippen LogP contribution in [0.3, 0.4) is 0 Å². The van der Waals surface area contributed by atoms with Crippen molar-refractivity contribution >= 4 is 35.4 Å². The van der Waals surface area contributed by atoms with Crippen LogP contribution in [-0.2, 0) is 0 Å². The Morgan fingerprint density at radius 2 is 1.67 bits per heavy atom. The first-order valence-electron chi connectivity index (χ1n) is 12.6. The lowest BCUT2D eigenvalue weighted by molar-refractivity contribution is 0.186. The van der Waals surface area contributed by atoms with Crippen LogP contribution in [0.2, 0.25) is 0 Å². The molecule has 2 fully saturated rings. The zero-order valence-electron chi connectivity index (χ0n) is 20.1. The standard InChI is InChI=1S/C27H30FN7.ClH/c28-23-4-3-15-29-27(23)32-21-7-5-19(6-8-21)24-18-30-26-14-13-25(33-35(24)26)31-20-9-11-22(12-10-20)34-16-1-2-17-34;/h3-8,13-15,18,20,22H,1-2,9-12,16-17H2,(H,29,32)(H,31,33);1H. The van der Waals surface area contributed by atoms with Crippen LogP contribution in [0, 0.1) is 5.82 Å². The lowest BCUT2D eigenvalue weighted by Gasteiger charge is -2.34. The maximum absolute atomic E-state index is 13.9. The van der Waals surface area contributed by atoms with Gasteiger partial charge in [-0.1, -0.05) is 12.1 Å². The largest absolute Gasteiger partial charge is 0.366 e. The maximum atomic E-state index is 13.9. The summed E-state index contributed by atoms with van der Waals surface area (Å²) >= 11 is 0. The van der Waals surface area contributed by atoms with Crippen molar-refractivity contribution in [2.45, 2.75) is 50.6 Å². The SMILES string of the molecule is Cl.Fc1cccnc1Nc1ccc(-c2cnc3ccc(NC4CCC(N5CCCC5)CC4)nn23)cc1. The van der Waals surface area contributed by atoms with E-state index < -0.39 is 0 Å². The van der Waals surface area contributed by atoms with Crippen molar-refractivity contribution in [2.75, 3.05) is 23.7 Å². The number of anilines is 3. The van der Waals surface area contributed by atoms with Crippen LogP contribution in [0.1, 0.15) is 38.5 Å². The van der Waals surface area contributed by atoms with Crippen LogP contribution in [0.5, 0.6) is 0 Å². The molecule has 36 heavy (non-hydrogen) atoms. The van der Waals surface area contributed by atoms with Gasteiger partial charge in [-0.05, 0) is 88.0 Å². The molecule has 188 valence electrons. The van der Waals surface area contributed by atoms with Gasteiger partial charge in [-0.3, -0.25) is 0 Å². The first kappa shape index (κ1) is 24.5. The van der Waals surface area contributed by atoms with Gasteiger partial charge in [0.05, 0.1) is 11.9 Å². The predicted molar refractivity (Wildman–Crippen MR) is 144 cm³/mol. The number of pyridine rings is 1. The number of benzene rings is 1. The summed E-state index contributed by atoms with van der Waals surface area (Å²) in [5.74, 6) is 0.708. The number of fused-ring (bicyclic) bond motifs is 1. The van der Waals surface area contributed by atoms with Crippen molar-refractivity contribution in [3.05, 3.63) is 66.7 Å². The van der Waals surface area contributed by atoms with Crippen molar-refractivity contribution < 1.29 is 4.39 Å². The quantitative estimate of drug-likeness (QED) is 0.338. The lowest BCUT2D eigenvalue weighted by atomic mass is 9.90. The third kappa shape index (κ3) is 5.15. The van der Waals surface area contributed by atoms with E-state index in [1.807, 2.05) is 47.1 Å². The van der Waals surface area contributed by atoms with E-state index in [1.165, 1.54) is 57.7 Å². The van der Waals surface area contributed by atoms with Crippen LogP contribution >= 0.6 is 12.4 Å². The minimum Gasteiger partial charge on any atom is -0.366 e. The van der Waals surface area contributed by atoms with Crippen molar-refractivity contribution in [1.82, 2.24) is 24.5 Å². The Morgan fingerprint density at radius 3 is 2.42 bits per heavy atom. The monoisotopic (exact) mass is 507 g/mol. The molecule has 1 aliphatic carbocycles. The van der Waals surface area contributed by atoms with Crippen LogP contribution in [-0.4, -0.2) is 49.7 Å². The minimum absolute atomic E-state index is 0. The molecule has 0 atom stereocenters. The van der Waals surface area contributed by atoms with E-state index in [0.717, 1.165) is 34.5 Å². The van der Waals surface area contributed by atoms with Gasteiger partial charge in [0.2, 0.25) is 0 Å². The van der Waals surface area contributed by atoms with Crippen molar-refractivity contribution in [2.24, 2.45) is 0 Å². The Kier molecular flexibility index (Phi) is 7.34. The van der Waals surface area contributed by atoms with Crippen LogP contribution in [0.15, 0.2) is 60.9 Å². The maximum Gasteiger partial charge on any atom is 0.166 e. The molecule has 0 unspecified atom stereocenters. The summed E-state index contributed by atoms with van der Waals surface area (Å²) in [6.07, 6.45) is 11.0. The molecular weight excluding hydrogens is 477 g/mol. The number of likely N-dealkylation sites (tertiary alicyclic amines) is 1. The Bertz CT molecular complexity index is 1300. The van der Waals surface area contributed by atoms with Gasteiger partial charge in [0.15, 0.2) is 17.3 Å².